The van der Waals surface area contributed by atoms with Crippen molar-refractivity contribution < 1.29 is 19.0 Å². The zero-order valence-electron chi connectivity index (χ0n) is 15.9. The molecule has 0 aliphatic rings. The number of ether oxygens (including phenoxy) is 2. The molecular formula is C19H23BrN5O3+. The van der Waals surface area contributed by atoms with E-state index in [0.717, 1.165) is 23.7 Å². The van der Waals surface area contributed by atoms with Crippen molar-refractivity contribution in [2.24, 2.45) is 0 Å². The van der Waals surface area contributed by atoms with Gasteiger partial charge in [0.2, 0.25) is 5.78 Å². The summed E-state index contributed by atoms with van der Waals surface area (Å²) in [6.07, 6.45) is 3.21. The third-order valence-electron chi connectivity index (χ3n) is 4.22. The summed E-state index contributed by atoms with van der Waals surface area (Å²) in [7, 11) is 1.56. The van der Waals surface area contributed by atoms with Crippen LogP contribution in [0.25, 0.3) is 5.65 Å². The van der Waals surface area contributed by atoms with E-state index in [1.54, 1.807) is 37.4 Å². The zero-order chi connectivity index (χ0) is 20.1. The van der Waals surface area contributed by atoms with Crippen LogP contribution in [-0.2, 0) is 6.54 Å². The van der Waals surface area contributed by atoms with Crippen LogP contribution in [0.15, 0.2) is 34.8 Å². The number of ketones is 1. The summed E-state index contributed by atoms with van der Waals surface area (Å²) in [6, 6.07) is 8.77. The summed E-state index contributed by atoms with van der Waals surface area (Å²) in [5.74, 6) is 1.14. The lowest BCUT2D eigenvalue weighted by Crippen LogP contribution is -2.40. The molecule has 0 bridgehead atoms. The maximum absolute atomic E-state index is 12.7. The second-order valence-corrected chi connectivity index (χ2v) is 7.23. The van der Waals surface area contributed by atoms with Crippen LogP contribution >= 0.6 is 15.9 Å². The lowest BCUT2D eigenvalue weighted by Gasteiger charge is -2.04. The maximum atomic E-state index is 12.7. The van der Waals surface area contributed by atoms with Crippen molar-refractivity contribution in [2.75, 3.05) is 19.5 Å². The van der Waals surface area contributed by atoms with Crippen molar-refractivity contribution in [1.29, 1.82) is 0 Å². The van der Waals surface area contributed by atoms with Crippen molar-refractivity contribution in [1.82, 2.24) is 14.7 Å². The number of methoxy groups -OCH3 is 1. The van der Waals surface area contributed by atoms with Gasteiger partial charge in [0.25, 0.3) is 5.88 Å². The maximum Gasteiger partial charge on any atom is 0.355 e. The fourth-order valence-electron chi connectivity index (χ4n) is 2.77. The molecule has 3 rings (SSSR count). The number of rotatable bonds is 9. The fraction of sp³-hybridized carbons (Fsp3) is 0.368. The van der Waals surface area contributed by atoms with Gasteiger partial charge in [-0.3, -0.25) is 4.79 Å². The Bertz CT molecular complexity index is 989. The van der Waals surface area contributed by atoms with Gasteiger partial charge in [0.1, 0.15) is 5.75 Å². The lowest BCUT2D eigenvalue weighted by molar-refractivity contribution is -0.714. The number of hydrogen-bond acceptors (Lipinski definition) is 6. The predicted molar refractivity (Wildman–Crippen MR) is 108 cm³/mol. The number of hydrogen-bond donors (Lipinski definition) is 1. The van der Waals surface area contributed by atoms with Crippen molar-refractivity contribution in [3.8, 4) is 11.6 Å². The first-order valence-electron chi connectivity index (χ1n) is 9.07. The van der Waals surface area contributed by atoms with Gasteiger partial charge in [0, 0.05) is 22.2 Å². The van der Waals surface area contributed by atoms with Crippen molar-refractivity contribution in [3.63, 3.8) is 0 Å². The first-order valence-corrected chi connectivity index (χ1v) is 9.87. The van der Waals surface area contributed by atoms with Gasteiger partial charge in [-0.1, -0.05) is 40.2 Å². The Morgan fingerprint density at radius 1 is 1.29 bits per heavy atom. The molecule has 0 atom stereocenters. The minimum Gasteiger partial charge on any atom is -0.497 e. The number of nitrogens with zero attached hydrogens (tertiary/aromatic N) is 4. The molecule has 2 aromatic heterocycles. The van der Waals surface area contributed by atoms with Crippen LogP contribution in [-0.4, -0.2) is 34.2 Å². The topological polar surface area (TPSA) is 95.6 Å². The van der Waals surface area contributed by atoms with Gasteiger partial charge in [-0.25, -0.2) is 0 Å². The van der Waals surface area contributed by atoms with Crippen molar-refractivity contribution >= 4 is 33.3 Å². The van der Waals surface area contributed by atoms with E-state index in [1.807, 2.05) is 0 Å². The molecule has 0 saturated heterocycles. The highest BCUT2D eigenvalue weighted by Gasteiger charge is 2.22. The van der Waals surface area contributed by atoms with E-state index in [-0.39, 0.29) is 18.3 Å². The number of nitrogens with two attached hydrogens (primary N) is 1. The number of halogens is 1. The largest absolute Gasteiger partial charge is 0.497 e. The molecule has 0 aliphatic carbocycles. The Labute approximate surface area is 171 Å². The van der Waals surface area contributed by atoms with E-state index < -0.39 is 0 Å². The average molecular weight is 449 g/mol. The molecule has 2 N–H and O–H groups in total. The zero-order valence-corrected chi connectivity index (χ0v) is 17.5. The van der Waals surface area contributed by atoms with Crippen LogP contribution in [0.2, 0.25) is 0 Å². The van der Waals surface area contributed by atoms with Gasteiger partial charge >= 0.3 is 11.6 Å². The molecule has 0 radical (unpaired) electrons. The molecular weight excluding hydrogens is 426 g/mol. The number of carbonyl (C=O) groups is 1. The molecule has 0 saturated carbocycles. The summed E-state index contributed by atoms with van der Waals surface area (Å²) < 4.78 is 14.6. The molecule has 28 heavy (non-hydrogen) atoms. The predicted octanol–water partition coefficient (Wildman–Crippen LogP) is 2.82. The Balaban J connectivity index is 1.80. The molecule has 0 fully saturated rings. The summed E-state index contributed by atoms with van der Waals surface area (Å²) in [5, 5.41) is 8.61. The molecule has 9 heteroatoms. The first kappa shape index (κ1) is 20.1. The van der Waals surface area contributed by atoms with Crippen LogP contribution in [0.3, 0.4) is 0 Å². The van der Waals surface area contributed by atoms with E-state index in [9.17, 15) is 4.79 Å². The number of fused-ring (bicyclic) bond motifs is 1. The highest BCUT2D eigenvalue weighted by Crippen LogP contribution is 2.21. The molecule has 0 spiro atoms. The molecule has 0 aliphatic heterocycles. The Kier molecular flexibility index (Phi) is 6.45. The quantitative estimate of drug-likeness (QED) is 0.307. The highest BCUT2D eigenvalue weighted by molar-refractivity contribution is 9.10. The van der Waals surface area contributed by atoms with Crippen LogP contribution in [0.1, 0.15) is 36.5 Å². The normalized spacial score (nSPS) is 11.0. The number of nitrogen functional groups attached to an aromatic ring is 1. The van der Waals surface area contributed by atoms with Gasteiger partial charge in [-0.2, -0.15) is 0 Å². The number of aromatic nitrogens is 4. The Morgan fingerprint density at radius 3 is 2.86 bits per heavy atom. The second-order valence-electron chi connectivity index (χ2n) is 6.32. The average Bonchev–Trinajstić information content (AvgIpc) is 2.99. The lowest BCUT2D eigenvalue weighted by atomic mass is 10.1. The van der Waals surface area contributed by atoms with Crippen molar-refractivity contribution in [2.45, 2.75) is 32.7 Å². The molecule has 3 aromatic rings. The van der Waals surface area contributed by atoms with Gasteiger partial charge in [-0.15, -0.1) is 4.68 Å². The van der Waals surface area contributed by atoms with E-state index in [0.29, 0.717) is 29.4 Å². The molecule has 1 aromatic carbocycles. The summed E-state index contributed by atoms with van der Waals surface area (Å²) in [5.41, 5.74) is 7.10. The fourth-order valence-corrected chi connectivity index (χ4v) is 3.24. The molecule has 0 unspecified atom stereocenters. The van der Waals surface area contributed by atoms with Crippen LogP contribution in [0.4, 0.5) is 5.95 Å². The van der Waals surface area contributed by atoms with E-state index in [1.165, 1.54) is 9.20 Å². The second kappa shape index (κ2) is 9.01. The van der Waals surface area contributed by atoms with Gasteiger partial charge in [0.05, 0.1) is 13.7 Å². The monoisotopic (exact) mass is 448 g/mol. The minimum atomic E-state index is -0.121. The number of anilines is 1. The molecule has 2 heterocycles. The van der Waals surface area contributed by atoms with E-state index in [4.69, 9.17) is 15.2 Å². The number of carbonyl (C=O) groups excluding carboxylic acids is 1. The van der Waals surface area contributed by atoms with Gasteiger partial charge < -0.3 is 15.2 Å². The van der Waals surface area contributed by atoms with Crippen LogP contribution < -0.4 is 19.9 Å². The van der Waals surface area contributed by atoms with E-state index in [2.05, 4.69) is 33.1 Å². The third-order valence-corrected chi connectivity index (χ3v) is 4.67. The summed E-state index contributed by atoms with van der Waals surface area (Å²) in [6.45, 7) is 2.77. The Hall–Kier alpha value is -2.68. The number of Topliss-reactive ketones (excluding diaryl/α,β-unsaturated/α-hetero) is 1. The van der Waals surface area contributed by atoms with Gasteiger partial charge in [0.15, 0.2) is 6.54 Å². The Morgan fingerprint density at radius 2 is 2.11 bits per heavy atom. The number of unbranched alkanes of at least 4 members (excludes halogenated alkanes) is 2. The smallest absolute Gasteiger partial charge is 0.355 e. The van der Waals surface area contributed by atoms with Gasteiger partial charge in [-0.05, 0) is 34.8 Å². The highest BCUT2D eigenvalue weighted by atomic mass is 79.9. The third kappa shape index (κ3) is 4.59. The molecule has 8 nitrogen and oxygen atoms in total. The van der Waals surface area contributed by atoms with Crippen LogP contribution in [0.5, 0.6) is 11.6 Å². The molecule has 148 valence electrons. The van der Waals surface area contributed by atoms with E-state index >= 15 is 0 Å². The minimum absolute atomic E-state index is 0.0265. The van der Waals surface area contributed by atoms with Crippen molar-refractivity contribution in [3.05, 3.63) is 40.4 Å². The summed E-state index contributed by atoms with van der Waals surface area (Å²) in [4.78, 5) is 12.7. The standard InChI is InChI=1S/C19H23BrN5O3/c1-3-4-5-8-28-17-6-7-18-24(23-19(21)25(18)22-17)12-16(26)13-9-14(20)11-15(10-13)27-2/h6-7,9-11H,3-5,8,12H2,1-2H3,(H2,21,23)/q+1. The van der Waals surface area contributed by atoms with Crippen LogP contribution in [0, 0.1) is 0 Å². The molecule has 0 amide bonds. The number of benzene rings is 1. The SMILES string of the molecule is CCCCCOc1ccc2n(n1)c(N)n[n+]2CC(=O)c1cc(Br)cc(OC)c1. The first-order chi connectivity index (χ1) is 13.5. The summed E-state index contributed by atoms with van der Waals surface area (Å²) >= 11 is 3.39.